The van der Waals surface area contributed by atoms with Crippen LogP contribution in [0, 0.1) is 0 Å². The second-order valence-electron chi connectivity index (χ2n) is 4.04. The third kappa shape index (κ3) is 8.41. The molecule has 0 spiro atoms. The first-order chi connectivity index (χ1) is 8.67. The van der Waals surface area contributed by atoms with Crippen LogP contribution in [0.5, 0.6) is 0 Å². The van der Waals surface area contributed by atoms with Gasteiger partial charge >= 0.3 is 12.1 Å². The Bertz CT molecular complexity index is 307. The van der Waals surface area contributed by atoms with Gasteiger partial charge in [-0.25, -0.2) is 0 Å². The molecule has 1 N–H and O–H groups in total. The van der Waals surface area contributed by atoms with Gasteiger partial charge in [-0.05, 0) is 13.8 Å². The number of hydrogen-bond donors (Lipinski definition) is 1. The molecule has 0 aromatic rings. The maximum absolute atomic E-state index is 11.8. The molecule has 0 bridgehead atoms. The largest absolute Gasteiger partial charge is 0.481 e. The van der Waals surface area contributed by atoms with Gasteiger partial charge in [-0.2, -0.15) is 13.2 Å². The Hall–Kier alpha value is -1.31. The Balaban J connectivity index is 4.11. The fraction of sp³-hybridized carbons (Fsp3) is 0.818. The molecular formula is C11H18F3NO4. The van der Waals surface area contributed by atoms with Crippen molar-refractivity contribution < 1.29 is 32.6 Å². The van der Waals surface area contributed by atoms with Crippen LogP contribution in [0.15, 0.2) is 0 Å². The number of amides is 1. The quantitative estimate of drug-likeness (QED) is 0.689. The first kappa shape index (κ1) is 17.7. The molecule has 0 saturated carbocycles. The molecule has 0 rings (SSSR count). The number of carbonyl (C=O) groups excluding carboxylic acids is 1. The summed E-state index contributed by atoms with van der Waals surface area (Å²) in [7, 11) is 0. The summed E-state index contributed by atoms with van der Waals surface area (Å²) in [4.78, 5) is 23.5. The molecule has 0 heterocycles. The number of rotatable bonds is 8. The number of hydrogen-bond acceptors (Lipinski definition) is 3. The second kappa shape index (κ2) is 7.98. The van der Waals surface area contributed by atoms with Crippen molar-refractivity contribution >= 4 is 11.9 Å². The fourth-order valence-corrected chi connectivity index (χ4v) is 1.59. The second-order valence-corrected chi connectivity index (χ2v) is 4.04. The van der Waals surface area contributed by atoms with E-state index in [1.807, 2.05) is 0 Å². The summed E-state index contributed by atoms with van der Waals surface area (Å²) in [6.07, 6.45) is -4.82. The smallest absolute Gasteiger partial charge is 0.411 e. The van der Waals surface area contributed by atoms with Crippen molar-refractivity contribution in [3.63, 3.8) is 0 Å². The van der Waals surface area contributed by atoms with Crippen molar-refractivity contribution in [2.45, 2.75) is 38.9 Å². The molecule has 0 aliphatic carbocycles. The lowest BCUT2D eigenvalue weighted by molar-refractivity contribution is -0.175. The van der Waals surface area contributed by atoms with Gasteiger partial charge in [-0.1, -0.05) is 0 Å². The highest BCUT2D eigenvalue weighted by Gasteiger charge is 2.27. The Morgan fingerprint density at radius 3 is 2.37 bits per heavy atom. The van der Waals surface area contributed by atoms with Crippen LogP contribution in [0.3, 0.4) is 0 Å². The number of ether oxygens (including phenoxy) is 1. The summed E-state index contributed by atoms with van der Waals surface area (Å²) in [6.45, 7) is 1.82. The molecule has 1 amide bonds. The topological polar surface area (TPSA) is 66.8 Å². The van der Waals surface area contributed by atoms with Crippen LogP contribution in [0.4, 0.5) is 13.2 Å². The van der Waals surface area contributed by atoms with Crippen molar-refractivity contribution in [1.82, 2.24) is 4.90 Å². The highest BCUT2D eigenvalue weighted by Crippen LogP contribution is 2.14. The Morgan fingerprint density at radius 2 is 1.95 bits per heavy atom. The molecule has 0 aliphatic heterocycles. The molecule has 8 heteroatoms. The molecule has 112 valence electrons. The summed E-state index contributed by atoms with van der Waals surface area (Å²) in [5.74, 6) is -1.45. The van der Waals surface area contributed by atoms with E-state index in [-0.39, 0.29) is 19.4 Å². The first-order valence-electron chi connectivity index (χ1n) is 5.83. The Labute approximate surface area is 109 Å². The molecule has 0 fully saturated rings. The number of halogens is 3. The highest BCUT2D eigenvalue weighted by molar-refractivity contribution is 5.77. The average Bonchev–Trinajstić information content (AvgIpc) is 2.23. The number of nitrogens with zero attached hydrogens (tertiary/aromatic N) is 1. The van der Waals surface area contributed by atoms with Gasteiger partial charge in [0.15, 0.2) is 0 Å². The Kier molecular flexibility index (Phi) is 7.43. The van der Waals surface area contributed by atoms with Gasteiger partial charge in [-0.3, -0.25) is 9.59 Å². The van der Waals surface area contributed by atoms with Crippen LogP contribution in [-0.4, -0.2) is 53.9 Å². The molecule has 0 aliphatic rings. The minimum absolute atomic E-state index is 0.201. The van der Waals surface area contributed by atoms with E-state index in [1.54, 1.807) is 13.8 Å². The van der Waals surface area contributed by atoms with Crippen molar-refractivity contribution in [3.8, 4) is 0 Å². The third-order valence-electron chi connectivity index (χ3n) is 2.39. The lowest BCUT2D eigenvalue weighted by Crippen LogP contribution is -2.40. The predicted molar refractivity (Wildman–Crippen MR) is 60.6 cm³/mol. The summed E-state index contributed by atoms with van der Waals surface area (Å²) in [6, 6.07) is -0.502. The maximum atomic E-state index is 11.8. The monoisotopic (exact) mass is 285 g/mol. The number of carboxylic acid groups (broad SMARTS) is 1. The molecule has 0 aromatic carbocycles. The first-order valence-corrected chi connectivity index (χ1v) is 5.83. The molecular weight excluding hydrogens is 267 g/mol. The van der Waals surface area contributed by atoms with E-state index >= 15 is 0 Å². The van der Waals surface area contributed by atoms with Gasteiger partial charge in [-0.15, -0.1) is 0 Å². The average molecular weight is 285 g/mol. The third-order valence-corrected chi connectivity index (χ3v) is 2.39. The van der Waals surface area contributed by atoms with Crippen LogP contribution in [0.1, 0.15) is 26.7 Å². The SMILES string of the molecule is CCN(C(=O)CCOCC(F)(F)F)C(C)CC(=O)O. The zero-order chi connectivity index (χ0) is 15.1. The van der Waals surface area contributed by atoms with Gasteiger partial charge in [0.25, 0.3) is 0 Å². The van der Waals surface area contributed by atoms with Crippen LogP contribution in [0.25, 0.3) is 0 Å². The molecule has 19 heavy (non-hydrogen) atoms. The van der Waals surface area contributed by atoms with Gasteiger partial charge in [0.1, 0.15) is 6.61 Å². The van der Waals surface area contributed by atoms with E-state index in [1.165, 1.54) is 4.90 Å². The van der Waals surface area contributed by atoms with E-state index in [2.05, 4.69) is 4.74 Å². The predicted octanol–water partition coefficient (Wildman–Crippen LogP) is 1.67. The van der Waals surface area contributed by atoms with Crippen LogP contribution >= 0.6 is 0 Å². The molecule has 5 nitrogen and oxygen atoms in total. The van der Waals surface area contributed by atoms with Gasteiger partial charge < -0.3 is 14.7 Å². The van der Waals surface area contributed by atoms with Crippen molar-refractivity contribution in [3.05, 3.63) is 0 Å². The van der Waals surface area contributed by atoms with E-state index in [0.29, 0.717) is 6.54 Å². The van der Waals surface area contributed by atoms with E-state index in [0.717, 1.165) is 0 Å². The standard InChI is InChI=1S/C11H18F3NO4/c1-3-15(8(2)6-10(17)18)9(16)4-5-19-7-11(12,13)14/h8H,3-7H2,1-2H3,(H,17,18). The summed E-state index contributed by atoms with van der Waals surface area (Å²) < 4.78 is 39.7. The molecule has 1 unspecified atom stereocenters. The highest BCUT2D eigenvalue weighted by atomic mass is 19.4. The number of alkyl halides is 3. The number of aliphatic carboxylic acids is 1. The zero-order valence-corrected chi connectivity index (χ0v) is 10.9. The summed E-state index contributed by atoms with van der Waals surface area (Å²) in [5.41, 5.74) is 0. The minimum atomic E-state index is -4.41. The van der Waals surface area contributed by atoms with E-state index in [9.17, 15) is 22.8 Å². The zero-order valence-electron chi connectivity index (χ0n) is 10.9. The maximum Gasteiger partial charge on any atom is 0.411 e. The van der Waals surface area contributed by atoms with Crippen molar-refractivity contribution in [2.75, 3.05) is 19.8 Å². The lowest BCUT2D eigenvalue weighted by atomic mass is 10.2. The van der Waals surface area contributed by atoms with E-state index in [4.69, 9.17) is 5.11 Å². The summed E-state index contributed by atoms with van der Waals surface area (Å²) in [5, 5.41) is 8.63. The van der Waals surface area contributed by atoms with Gasteiger partial charge in [0.05, 0.1) is 19.4 Å². The van der Waals surface area contributed by atoms with Crippen LogP contribution in [0.2, 0.25) is 0 Å². The molecule has 0 radical (unpaired) electrons. The number of carbonyl (C=O) groups is 2. The van der Waals surface area contributed by atoms with Crippen LogP contribution in [-0.2, 0) is 14.3 Å². The number of carboxylic acids is 1. The minimum Gasteiger partial charge on any atom is -0.481 e. The van der Waals surface area contributed by atoms with Gasteiger partial charge in [0, 0.05) is 12.6 Å². The molecule has 1 atom stereocenters. The van der Waals surface area contributed by atoms with E-state index < -0.39 is 30.7 Å². The van der Waals surface area contributed by atoms with Crippen molar-refractivity contribution in [2.24, 2.45) is 0 Å². The summed E-state index contributed by atoms with van der Waals surface area (Å²) >= 11 is 0. The van der Waals surface area contributed by atoms with Gasteiger partial charge in [0.2, 0.25) is 5.91 Å². The fourth-order valence-electron chi connectivity index (χ4n) is 1.59. The van der Waals surface area contributed by atoms with Crippen molar-refractivity contribution in [1.29, 1.82) is 0 Å². The lowest BCUT2D eigenvalue weighted by Gasteiger charge is -2.27. The molecule has 0 aromatic heterocycles. The normalized spacial score (nSPS) is 13.1. The Morgan fingerprint density at radius 1 is 1.37 bits per heavy atom. The molecule has 0 saturated heterocycles. The van der Waals surface area contributed by atoms with Crippen LogP contribution < -0.4 is 0 Å².